The van der Waals surface area contributed by atoms with Crippen LogP contribution in [0.4, 0.5) is 20.2 Å². The number of hydrogen-bond acceptors (Lipinski definition) is 2. The molecule has 1 amide bonds. The Labute approximate surface area is 125 Å². The fourth-order valence-electron chi connectivity index (χ4n) is 1.68. The maximum absolute atomic E-state index is 13.4. The van der Waals surface area contributed by atoms with Crippen molar-refractivity contribution in [3.05, 3.63) is 58.6 Å². The zero-order valence-electron chi connectivity index (χ0n) is 11.2. The standard InChI is InChI=1S/C15H13ClF2N2O/c1-9-2-4-11(7-12(9)16)20-15(21)8-19-14-5-3-10(17)6-13(14)18/h2-7,19H,8H2,1H3,(H,20,21). The van der Waals surface area contributed by atoms with E-state index >= 15 is 0 Å². The Hall–Kier alpha value is -2.14. The van der Waals surface area contributed by atoms with Crippen molar-refractivity contribution in [2.75, 3.05) is 17.2 Å². The first-order valence-electron chi connectivity index (χ1n) is 6.20. The molecule has 0 bridgehead atoms. The van der Waals surface area contributed by atoms with Crippen LogP contribution in [0, 0.1) is 18.6 Å². The van der Waals surface area contributed by atoms with Gasteiger partial charge in [0.05, 0.1) is 12.2 Å². The van der Waals surface area contributed by atoms with E-state index in [1.165, 1.54) is 6.07 Å². The van der Waals surface area contributed by atoms with Crippen molar-refractivity contribution in [2.24, 2.45) is 0 Å². The summed E-state index contributed by atoms with van der Waals surface area (Å²) in [6, 6.07) is 8.24. The van der Waals surface area contributed by atoms with E-state index in [1.807, 2.05) is 6.92 Å². The van der Waals surface area contributed by atoms with Gasteiger partial charge in [0.25, 0.3) is 0 Å². The lowest BCUT2D eigenvalue weighted by atomic mass is 10.2. The van der Waals surface area contributed by atoms with Crippen LogP contribution in [0.25, 0.3) is 0 Å². The Morgan fingerprint density at radius 1 is 1.19 bits per heavy atom. The molecule has 0 fully saturated rings. The third kappa shape index (κ3) is 4.16. The van der Waals surface area contributed by atoms with Crippen LogP contribution in [-0.4, -0.2) is 12.5 Å². The van der Waals surface area contributed by atoms with Crippen molar-refractivity contribution in [1.82, 2.24) is 0 Å². The number of aryl methyl sites for hydroxylation is 1. The van der Waals surface area contributed by atoms with E-state index in [1.54, 1.807) is 18.2 Å². The molecule has 110 valence electrons. The Morgan fingerprint density at radius 3 is 2.62 bits per heavy atom. The number of carbonyl (C=O) groups is 1. The first-order chi connectivity index (χ1) is 9.95. The Kier molecular flexibility index (Phi) is 4.75. The summed E-state index contributed by atoms with van der Waals surface area (Å²) in [6.07, 6.45) is 0. The number of rotatable bonds is 4. The summed E-state index contributed by atoms with van der Waals surface area (Å²) in [5.74, 6) is -1.78. The molecule has 6 heteroatoms. The number of amides is 1. The smallest absolute Gasteiger partial charge is 0.243 e. The molecule has 0 radical (unpaired) electrons. The van der Waals surface area contributed by atoms with E-state index in [0.29, 0.717) is 10.7 Å². The molecular formula is C15H13ClF2N2O. The second-order valence-electron chi connectivity index (χ2n) is 4.49. The molecule has 0 heterocycles. The maximum atomic E-state index is 13.4. The third-order valence-corrected chi connectivity index (χ3v) is 3.23. The summed E-state index contributed by atoms with van der Waals surface area (Å²) in [4.78, 5) is 11.7. The highest BCUT2D eigenvalue weighted by Gasteiger charge is 2.07. The second kappa shape index (κ2) is 6.54. The van der Waals surface area contributed by atoms with Gasteiger partial charge in [-0.3, -0.25) is 4.79 Å². The predicted molar refractivity (Wildman–Crippen MR) is 79.7 cm³/mol. The highest BCUT2D eigenvalue weighted by atomic mass is 35.5. The van der Waals surface area contributed by atoms with E-state index in [4.69, 9.17) is 11.6 Å². The summed E-state index contributed by atoms with van der Waals surface area (Å²) in [5, 5.41) is 5.77. The van der Waals surface area contributed by atoms with Gasteiger partial charge in [0, 0.05) is 16.8 Å². The first kappa shape index (κ1) is 15.3. The van der Waals surface area contributed by atoms with Crippen molar-refractivity contribution < 1.29 is 13.6 Å². The van der Waals surface area contributed by atoms with Gasteiger partial charge in [0.1, 0.15) is 11.6 Å². The van der Waals surface area contributed by atoms with Crippen LogP contribution in [-0.2, 0) is 4.79 Å². The zero-order valence-corrected chi connectivity index (χ0v) is 12.0. The lowest BCUT2D eigenvalue weighted by molar-refractivity contribution is -0.114. The number of halogens is 3. The largest absolute Gasteiger partial charge is 0.374 e. The third-order valence-electron chi connectivity index (χ3n) is 2.83. The van der Waals surface area contributed by atoms with Crippen LogP contribution in [0.5, 0.6) is 0 Å². The van der Waals surface area contributed by atoms with Crippen LogP contribution in [0.3, 0.4) is 0 Å². The molecule has 2 N–H and O–H groups in total. The Balaban J connectivity index is 1.94. The van der Waals surface area contributed by atoms with Gasteiger partial charge in [-0.15, -0.1) is 0 Å². The Morgan fingerprint density at radius 2 is 1.95 bits per heavy atom. The average Bonchev–Trinajstić information content (AvgIpc) is 2.42. The topological polar surface area (TPSA) is 41.1 Å². The van der Waals surface area contributed by atoms with Crippen LogP contribution in [0.2, 0.25) is 5.02 Å². The number of benzene rings is 2. The summed E-state index contributed by atoms with van der Waals surface area (Å²) >= 11 is 5.95. The minimum absolute atomic E-state index is 0.0634. The molecule has 2 aromatic rings. The van der Waals surface area contributed by atoms with Gasteiger partial charge in [0.15, 0.2) is 0 Å². The fourth-order valence-corrected chi connectivity index (χ4v) is 1.86. The molecule has 0 saturated carbocycles. The van der Waals surface area contributed by atoms with Gasteiger partial charge < -0.3 is 10.6 Å². The predicted octanol–water partition coefficient (Wildman–Crippen LogP) is 3.98. The van der Waals surface area contributed by atoms with Crippen LogP contribution in [0.1, 0.15) is 5.56 Å². The molecule has 0 atom stereocenters. The molecule has 0 aliphatic rings. The SMILES string of the molecule is Cc1ccc(NC(=O)CNc2ccc(F)cc2F)cc1Cl. The van der Waals surface area contributed by atoms with Gasteiger partial charge in [-0.2, -0.15) is 0 Å². The monoisotopic (exact) mass is 310 g/mol. The molecule has 0 saturated heterocycles. The van der Waals surface area contributed by atoms with Crippen LogP contribution in [0.15, 0.2) is 36.4 Å². The lowest BCUT2D eigenvalue weighted by Crippen LogP contribution is -2.22. The minimum Gasteiger partial charge on any atom is -0.374 e. The van der Waals surface area contributed by atoms with Crippen molar-refractivity contribution in [2.45, 2.75) is 6.92 Å². The normalized spacial score (nSPS) is 10.3. The molecule has 2 aromatic carbocycles. The van der Waals surface area contributed by atoms with E-state index in [9.17, 15) is 13.6 Å². The lowest BCUT2D eigenvalue weighted by Gasteiger charge is -2.09. The number of hydrogen-bond donors (Lipinski definition) is 2. The van der Waals surface area contributed by atoms with Crippen molar-refractivity contribution in [3.8, 4) is 0 Å². The number of nitrogens with one attached hydrogen (secondary N) is 2. The second-order valence-corrected chi connectivity index (χ2v) is 4.90. The average molecular weight is 311 g/mol. The minimum atomic E-state index is -0.749. The molecule has 0 aliphatic heterocycles. The molecule has 2 rings (SSSR count). The van der Waals surface area contributed by atoms with Crippen molar-refractivity contribution in [1.29, 1.82) is 0 Å². The van der Waals surface area contributed by atoms with E-state index < -0.39 is 11.6 Å². The molecule has 21 heavy (non-hydrogen) atoms. The van der Waals surface area contributed by atoms with Crippen molar-refractivity contribution >= 4 is 28.9 Å². The van der Waals surface area contributed by atoms with Crippen molar-refractivity contribution in [3.63, 3.8) is 0 Å². The van der Waals surface area contributed by atoms with Gasteiger partial charge >= 0.3 is 0 Å². The summed E-state index contributed by atoms with van der Waals surface area (Å²) < 4.78 is 26.1. The molecule has 0 aliphatic carbocycles. The maximum Gasteiger partial charge on any atom is 0.243 e. The highest BCUT2D eigenvalue weighted by molar-refractivity contribution is 6.31. The molecule has 0 aromatic heterocycles. The van der Waals surface area contributed by atoms with E-state index in [0.717, 1.165) is 17.7 Å². The van der Waals surface area contributed by atoms with Gasteiger partial charge in [-0.25, -0.2) is 8.78 Å². The highest BCUT2D eigenvalue weighted by Crippen LogP contribution is 2.20. The van der Waals surface area contributed by atoms with Gasteiger partial charge in [-0.05, 0) is 36.8 Å². The molecular weight excluding hydrogens is 298 g/mol. The zero-order chi connectivity index (χ0) is 15.4. The summed E-state index contributed by atoms with van der Waals surface area (Å²) in [6.45, 7) is 1.71. The van der Waals surface area contributed by atoms with Gasteiger partial charge in [0.2, 0.25) is 5.91 Å². The Bertz CT molecular complexity index is 677. The first-order valence-corrected chi connectivity index (χ1v) is 6.58. The summed E-state index contributed by atoms with van der Waals surface area (Å²) in [5.41, 5.74) is 1.52. The molecule has 0 unspecified atom stereocenters. The molecule has 0 spiro atoms. The fraction of sp³-hybridized carbons (Fsp3) is 0.133. The van der Waals surface area contributed by atoms with E-state index in [-0.39, 0.29) is 18.1 Å². The van der Waals surface area contributed by atoms with Gasteiger partial charge in [-0.1, -0.05) is 17.7 Å². The summed E-state index contributed by atoms with van der Waals surface area (Å²) in [7, 11) is 0. The molecule has 3 nitrogen and oxygen atoms in total. The van der Waals surface area contributed by atoms with Crippen LogP contribution < -0.4 is 10.6 Å². The van der Waals surface area contributed by atoms with E-state index in [2.05, 4.69) is 10.6 Å². The quantitative estimate of drug-likeness (QED) is 0.897. The number of carbonyl (C=O) groups excluding carboxylic acids is 1. The number of anilines is 2. The van der Waals surface area contributed by atoms with Crippen LogP contribution >= 0.6 is 11.6 Å².